The van der Waals surface area contributed by atoms with Gasteiger partial charge in [0.15, 0.2) is 0 Å². The van der Waals surface area contributed by atoms with E-state index in [-0.39, 0.29) is 18.3 Å². The lowest BCUT2D eigenvalue weighted by Gasteiger charge is -2.19. The van der Waals surface area contributed by atoms with Crippen LogP contribution in [0.25, 0.3) is 0 Å². The summed E-state index contributed by atoms with van der Waals surface area (Å²) in [5, 5.41) is 39.0. The summed E-state index contributed by atoms with van der Waals surface area (Å²) < 4.78 is 0. The highest BCUT2D eigenvalue weighted by atomic mass is 16.4. The zero-order valence-corrected chi connectivity index (χ0v) is 15.3. The van der Waals surface area contributed by atoms with Gasteiger partial charge < -0.3 is 20.4 Å². The molecule has 4 N–H and O–H groups in total. The lowest BCUT2D eigenvalue weighted by Crippen LogP contribution is -2.20. The number of aliphatic hydroxyl groups excluding tert-OH is 3. The Morgan fingerprint density at radius 2 is 1.92 bits per heavy atom. The van der Waals surface area contributed by atoms with Gasteiger partial charge in [0.1, 0.15) is 0 Å². The van der Waals surface area contributed by atoms with Gasteiger partial charge >= 0.3 is 5.97 Å². The smallest absolute Gasteiger partial charge is 0.303 e. The van der Waals surface area contributed by atoms with Crippen molar-refractivity contribution in [3.05, 3.63) is 24.3 Å². The van der Waals surface area contributed by atoms with Crippen LogP contribution in [0.3, 0.4) is 0 Å². The summed E-state index contributed by atoms with van der Waals surface area (Å²) in [6, 6.07) is 0. The molecule has 5 nitrogen and oxygen atoms in total. The van der Waals surface area contributed by atoms with E-state index in [1.165, 1.54) is 0 Å². The Bertz CT molecular complexity index is 432. The Balaban J connectivity index is 2.46. The molecule has 0 aromatic carbocycles. The van der Waals surface area contributed by atoms with Crippen LogP contribution in [-0.4, -0.2) is 44.7 Å². The van der Waals surface area contributed by atoms with Crippen molar-refractivity contribution in [3.63, 3.8) is 0 Å². The summed E-state index contributed by atoms with van der Waals surface area (Å²) in [7, 11) is 0. The Labute approximate surface area is 151 Å². The zero-order valence-electron chi connectivity index (χ0n) is 15.3. The number of aliphatic hydroxyl groups is 3. The van der Waals surface area contributed by atoms with Crippen LogP contribution in [-0.2, 0) is 4.79 Å². The minimum Gasteiger partial charge on any atom is -0.481 e. The van der Waals surface area contributed by atoms with Crippen LogP contribution >= 0.6 is 0 Å². The Hall–Kier alpha value is -1.17. The molecular weight excluding hydrogens is 320 g/mol. The molecule has 144 valence electrons. The van der Waals surface area contributed by atoms with Crippen LogP contribution in [0.1, 0.15) is 64.7 Å². The van der Waals surface area contributed by atoms with Gasteiger partial charge in [-0.1, -0.05) is 50.5 Å². The number of aliphatic carboxylic acids is 1. The summed E-state index contributed by atoms with van der Waals surface area (Å²) in [5.74, 6) is -1.00. The molecule has 1 rings (SSSR count). The Kier molecular flexibility index (Phi) is 10.7. The van der Waals surface area contributed by atoms with Crippen LogP contribution in [0.5, 0.6) is 0 Å². The van der Waals surface area contributed by atoms with Crippen LogP contribution in [0.2, 0.25) is 0 Å². The van der Waals surface area contributed by atoms with Crippen molar-refractivity contribution < 1.29 is 25.2 Å². The number of hydrogen-bond acceptors (Lipinski definition) is 4. The van der Waals surface area contributed by atoms with E-state index in [2.05, 4.69) is 6.92 Å². The fourth-order valence-electron chi connectivity index (χ4n) is 3.41. The highest BCUT2D eigenvalue weighted by Gasteiger charge is 2.39. The molecule has 0 radical (unpaired) electrons. The van der Waals surface area contributed by atoms with E-state index < -0.39 is 24.3 Å². The minimum absolute atomic E-state index is 0.0650. The second-order valence-corrected chi connectivity index (χ2v) is 7.05. The van der Waals surface area contributed by atoms with Crippen molar-refractivity contribution in [1.29, 1.82) is 0 Å². The van der Waals surface area contributed by atoms with Crippen molar-refractivity contribution in [1.82, 2.24) is 0 Å². The van der Waals surface area contributed by atoms with Crippen LogP contribution < -0.4 is 0 Å². The van der Waals surface area contributed by atoms with E-state index in [9.17, 15) is 20.1 Å². The minimum atomic E-state index is -0.787. The van der Waals surface area contributed by atoms with Crippen molar-refractivity contribution >= 4 is 5.97 Å². The van der Waals surface area contributed by atoms with Gasteiger partial charge in [0.05, 0.1) is 18.3 Å². The summed E-state index contributed by atoms with van der Waals surface area (Å²) in [6.45, 7) is 2.12. The molecule has 0 heterocycles. The molecule has 5 atom stereocenters. The van der Waals surface area contributed by atoms with E-state index in [4.69, 9.17) is 5.11 Å². The van der Waals surface area contributed by atoms with Crippen molar-refractivity contribution in [2.45, 2.75) is 83.0 Å². The van der Waals surface area contributed by atoms with Gasteiger partial charge in [0.2, 0.25) is 0 Å². The number of hydrogen-bond donors (Lipinski definition) is 4. The molecule has 0 bridgehead atoms. The zero-order chi connectivity index (χ0) is 18.7. The molecule has 1 saturated carbocycles. The largest absolute Gasteiger partial charge is 0.481 e. The van der Waals surface area contributed by atoms with Crippen molar-refractivity contribution in [2.24, 2.45) is 11.8 Å². The number of unbranched alkanes of at least 4 members (excludes halogenated alkanes) is 3. The van der Waals surface area contributed by atoms with Crippen molar-refractivity contribution in [3.8, 4) is 0 Å². The van der Waals surface area contributed by atoms with Crippen LogP contribution in [0, 0.1) is 11.8 Å². The van der Waals surface area contributed by atoms with E-state index in [1.54, 1.807) is 6.08 Å². The Morgan fingerprint density at radius 3 is 2.60 bits per heavy atom. The first kappa shape index (κ1) is 21.9. The second-order valence-electron chi connectivity index (χ2n) is 7.05. The van der Waals surface area contributed by atoms with E-state index in [0.29, 0.717) is 25.7 Å². The maximum atomic E-state index is 10.5. The fraction of sp³-hybridized carbons (Fsp3) is 0.750. The molecule has 5 heteroatoms. The van der Waals surface area contributed by atoms with Crippen LogP contribution in [0.4, 0.5) is 0 Å². The summed E-state index contributed by atoms with van der Waals surface area (Å²) in [5.41, 5.74) is 0. The van der Waals surface area contributed by atoms with Gasteiger partial charge in [0, 0.05) is 18.8 Å². The molecule has 0 amide bonds. The SMILES string of the molecule is CCCCC[C@@H](O)/C=C\[C@@H]1[C@@H](C/C=C\CCCC(=O)O)[C@@H](O)C[C@H]1O. The maximum Gasteiger partial charge on any atom is 0.303 e. The average molecular weight is 354 g/mol. The Morgan fingerprint density at radius 1 is 1.16 bits per heavy atom. The first-order valence-electron chi connectivity index (χ1n) is 9.55. The van der Waals surface area contributed by atoms with Gasteiger partial charge in [-0.2, -0.15) is 0 Å². The maximum absolute atomic E-state index is 10.5. The number of carboxylic acids is 1. The predicted molar refractivity (Wildman–Crippen MR) is 98.1 cm³/mol. The van der Waals surface area contributed by atoms with E-state index >= 15 is 0 Å². The summed E-state index contributed by atoms with van der Waals surface area (Å²) >= 11 is 0. The number of carbonyl (C=O) groups is 1. The standard InChI is InChI=1S/C20H34O5/c1-2-3-6-9-15(21)12-13-17-16(18(22)14-19(17)23)10-7-4-5-8-11-20(24)25/h4,7,12-13,15-19,21-23H,2-3,5-6,8-11,14H2,1H3,(H,24,25)/b7-4-,13-12-/t15-,16-,17-,18+,19-/m1/s1. The molecular formula is C20H34O5. The molecule has 1 aliphatic rings. The third-order valence-electron chi connectivity index (χ3n) is 4.91. The van der Waals surface area contributed by atoms with E-state index in [0.717, 1.165) is 25.7 Å². The molecule has 1 fully saturated rings. The molecule has 0 aliphatic heterocycles. The molecule has 0 spiro atoms. The fourth-order valence-corrected chi connectivity index (χ4v) is 3.41. The summed E-state index contributed by atoms with van der Waals surface area (Å²) in [6.07, 6.45) is 12.3. The highest BCUT2D eigenvalue weighted by molar-refractivity contribution is 5.66. The number of rotatable bonds is 12. The molecule has 0 aromatic rings. The molecule has 1 aliphatic carbocycles. The number of allylic oxidation sites excluding steroid dienone is 2. The first-order valence-corrected chi connectivity index (χ1v) is 9.55. The molecule has 0 aromatic heterocycles. The van der Waals surface area contributed by atoms with Gasteiger partial charge in [-0.25, -0.2) is 0 Å². The van der Waals surface area contributed by atoms with Gasteiger partial charge in [-0.05, 0) is 31.6 Å². The van der Waals surface area contributed by atoms with Crippen molar-refractivity contribution in [2.75, 3.05) is 0 Å². The topological polar surface area (TPSA) is 98.0 Å². The van der Waals surface area contributed by atoms with Gasteiger partial charge in [0.25, 0.3) is 0 Å². The van der Waals surface area contributed by atoms with Crippen LogP contribution in [0.15, 0.2) is 24.3 Å². The summed E-state index contributed by atoms with van der Waals surface area (Å²) in [4.78, 5) is 10.5. The monoisotopic (exact) mass is 354 g/mol. The van der Waals surface area contributed by atoms with Gasteiger partial charge in [-0.3, -0.25) is 4.79 Å². The lowest BCUT2D eigenvalue weighted by molar-refractivity contribution is -0.137. The van der Waals surface area contributed by atoms with E-state index in [1.807, 2.05) is 18.2 Å². The third-order valence-corrected chi connectivity index (χ3v) is 4.91. The normalized spacial score (nSPS) is 28.2. The molecule has 0 unspecified atom stereocenters. The van der Waals surface area contributed by atoms with Gasteiger partial charge in [-0.15, -0.1) is 0 Å². The predicted octanol–water partition coefficient (Wildman–Crippen LogP) is 3.04. The third kappa shape index (κ3) is 8.66. The second kappa shape index (κ2) is 12.2. The highest BCUT2D eigenvalue weighted by Crippen LogP contribution is 2.36. The quantitative estimate of drug-likeness (QED) is 0.319. The number of carboxylic acid groups (broad SMARTS) is 1. The molecule has 0 saturated heterocycles. The first-order chi connectivity index (χ1) is 12.0. The molecule has 25 heavy (non-hydrogen) atoms. The average Bonchev–Trinajstić information content (AvgIpc) is 2.82. The lowest BCUT2D eigenvalue weighted by atomic mass is 9.89.